The van der Waals surface area contributed by atoms with Crippen LogP contribution in [0.5, 0.6) is 11.5 Å². The Morgan fingerprint density at radius 2 is 1.72 bits per heavy atom. The SMILES string of the molecule is COc1ccc(NC(=NCc2cccc(OC)c2)NS(C)(=O)=O)cc1. The number of hydrogen-bond donors (Lipinski definition) is 2. The predicted octanol–water partition coefficient (Wildman–Crippen LogP) is 2.22. The van der Waals surface area contributed by atoms with Crippen LogP contribution in [-0.4, -0.2) is 34.9 Å². The summed E-state index contributed by atoms with van der Waals surface area (Å²) in [4.78, 5) is 4.32. The molecule has 0 bridgehead atoms. The van der Waals surface area contributed by atoms with Gasteiger partial charge in [-0.15, -0.1) is 0 Å². The van der Waals surface area contributed by atoms with Crippen molar-refractivity contribution < 1.29 is 17.9 Å². The molecule has 0 aliphatic carbocycles. The van der Waals surface area contributed by atoms with Crippen molar-refractivity contribution in [2.45, 2.75) is 6.54 Å². The van der Waals surface area contributed by atoms with Crippen LogP contribution < -0.4 is 19.5 Å². The zero-order valence-electron chi connectivity index (χ0n) is 14.3. The van der Waals surface area contributed by atoms with Gasteiger partial charge in [-0.25, -0.2) is 13.4 Å². The molecule has 0 spiro atoms. The summed E-state index contributed by atoms with van der Waals surface area (Å²) in [5.74, 6) is 1.56. The summed E-state index contributed by atoms with van der Waals surface area (Å²) in [5, 5.41) is 2.96. The molecule has 8 heteroatoms. The Morgan fingerprint density at radius 1 is 1.04 bits per heavy atom. The second-order valence-corrected chi connectivity index (χ2v) is 6.99. The monoisotopic (exact) mass is 363 g/mol. The van der Waals surface area contributed by atoms with Gasteiger partial charge in [0.2, 0.25) is 16.0 Å². The summed E-state index contributed by atoms with van der Waals surface area (Å²) in [5.41, 5.74) is 1.57. The van der Waals surface area contributed by atoms with E-state index >= 15 is 0 Å². The third-order valence-electron chi connectivity index (χ3n) is 3.19. The number of methoxy groups -OCH3 is 2. The first kappa shape index (κ1) is 18.6. The molecule has 0 unspecified atom stereocenters. The van der Waals surface area contributed by atoms with Crippen LogP contribution in [0.25, 0.3) is 0 Å². The van der Waals surface area contributed by atoms with Crippen molar-refractivity contribution in [3.05, 3.63) is 54.1 Å². The number of ether oxygens (including phenoxy) is 2. The molecule has 2 N–H and O–H groups in total. The molecule has 134 valence electrons. The number of nitrogens with zero attached hydrogens (tertiary/aromatic N) is 1. The molecule has 0 atom stereocenters. The summed E-state index contributed by atoms with van der Waals surface area (Å²) in [6.45, 7) is 0.290. The number of rotatable bonds is 6. The van der Waals surface area contributed by atoms with E-state index in [1.807, 2.05) is 24.3 Å². The highest BCUT2D eigenvalue weighted by atomic mass is 32.2. The fourth-order valence-electron chi connectivity index (χ4n) is 2.03. The molecule has 0 radical (unpaired) electrons. The number of aliphatic imine (C=N–C) groups is 1. The molecule has 2 aromatic carbocycles. The maximum absolute atomic E-state index is 11.6. The molecular formula is C17H21N3O4S. The summed E-state index contributed by atoms with van der Waals surface area (Å²) >= 11 is 0. The molecular weight excluding hydrogens is 342 g/mol. The van der Waals surface area contributed by atoms with Crippen LogP contribution >= 0.6 is 0 Å². The molecule has 25 heavy (non-hydrogen) atoms. The average molecular weight is 363 g/mol. The van der Waals surface area contributed by atoms with Gasteiger partial charge < -0.3 is 14.8 Å². The molecule has 2 rings (SSSR count). The van der Waals surface area contributed by atoms with Crippen LogP contribution in [0.3, 0.4) is 0 Å². The van der Waals surface area contributed by atoms with Crippen LogP contribution in [0.15, 0.2) is 53.5 Å². The minimum Gasteiger partial charge on any atom is -0.497 e. The van der Waals surface area contributed by atoms with Gasteiger partial charge in [0.05, 0.1) is 27.0 Å². The Kier molecular flexibility index (Phi) is 6.24. The van der Waals surface area contributed by atoms with E-state index < -0.39 is 10.0 Å². The van der Waals surface area contributed by atoms with Crippen LogP contribution in [0.1, 0.15) is 5.56 Å². The highest BCUT2D eigenvalue weighted by molar-refractivity contribution is 7.89. The van der Waals surface area contributed by atoms with Gasteiger partial charge in [0.25, 0.3) is 0 Å². The number of anilines is 1. The molecule has 0 heterocycles. The van der Waals surface area contributed by atoms with E-state index in [9.17, 15) is 8.42 Å². The summed E-state index contributed by atoms with van der Waals surface area (Å²) < 4.78 is 35.8. The normalized spacial score (nSPS) is 11.7. The maximum atomic E-state index is 11.6. The van der Waals surface area contributed by atoms with Gasteiger partial charge in [0, 0.05) is 5.69 Å². The first-order valence-electron chi connectivity index (χ1n) is 7.46. The summed E-state index contributed by atoms with van der Waals surface area (Å²) in [7, 11) is -0.301. The lowest BCUT2D eigenvalue weighted by molar-refractivity contribution is 0.414. The van der Waals surface area contributed by atoms with E-state index in [2.05, 4.69) is 15.0 Å². The molecule has 0 saturated heterocycles. The van der Waals surface area contributed by atoms with E-state index in [0.29, 0.717) is 17.2 Å². The number of benzene rings is 2. The topological polar surface area (TPSA) is 89.0 Å². The molecule has 0 amide bonds. The first-order chi connectivity index (χ1) is 11.9. The van der Waals surface area contributed by atoms with Crippen molar-refractivity contribution in [1.29, 1.82) is 0 Å². The van der Waals surface area contributed by atoms with Gasteiger partial charge in [0.15, 0.2) is 0 Å². The van der Waals surface area contributed by atoms with Gasteiger partial charge in [-0.3, -0.25) is 4.72 Å². The minimum atomic E-state index is -3.47. The largest absolute Gasteiger partial charge is 0.497 e. The zero-order valence-corrected chi connectivity index (χ0v) is 15.1. The molecule has 0 aromatic heterocycles. The van der Waals surface area contributed by atoms with E-state index in [0.717, 1.165) is 11.8 Å². The lowest BCUT2D eigenvalue weighted by Gasteiger charge is -2.12. The maximum Gasteiger partial charge on any atom is 0.232 e. The number of nitrogens with one attached hydrogen (secondary N) is 2. The molecule has 0 aliphatic rings. The van der Waals surface area contributed by atoms with E-state index in [1.165, 1.54) is 0 Å². The van der Waals surface area contributed by atoms with Crippen LogP contribution in [0, 0.1) is 0 Å². The van der Waals surface area contributed by atoms with Crippen molar-refractivity contribution in [2.75, 3.05) is 25.8 Å². The second-order valence-electron chi connectivity index (χ2n) is 5.24. The van der Waals surface area contributed by atoms with E-state index in [4.69, 9.17) is 9.47 Å². The Bertz CT molecular complexity index is 833. The minimum absolute atomic E-state index is 0.135. The highest BCUT2D eigenvalue weighted by Gasteiger charge is 2.07. The van der Waals surface area contributed by atoms with Gasteiger partial charge in [-0.2, -0.15) is 0 Å². The zero-order chi connectivity index (χ0) is 18.3. The first-order valence-corrected chi connectivity index (χ1v) is 9.35. The third kappa shape index (κ3) is 6.34. The van der Waals surface area contributed by atoms with Crippen molar-refractivity contribution in [3.63, 3.8) is 0 Å². The number of sulfonamides is 1. The molecule has 0 saturated carbocycles. The molecule has 0 aliphatic heterocycles. The lowest BCUT2D eigenvalue weighted by Crippen LogP contribution is -2.35. The standard InChI is InChI=1S/C17H21N3O4S/c1-23-15-9-7-14(8-10-15)19-17(20-25(3,21)22)18-12-13-5-4-6-16(11-13)24-2/h4-11H,12H2,1-3H3,(H2,18,19,20). The average Bonchev–Trinajstić information content (AvgIpc) is 2.59. The summed E-state index contributed by atoms with van der Waals surface area (Å²) in [6.07, 6.45) is 1.07. The number of guanidine groups is 1. The number of hydrogen-bond acceptors (Lipinski definition) is 5. The predicted molar refractivity (Wildman–Crippen MR) is 98.7 cm³/mol. The smallest absolute Gasteiger partial charge is 0.232 e. The Morgan fingerprint density at radius 3 is 2.32 bits per heavy atom. The quantitative estimate of drug-likeness (QED) is 0.607. The van der Waals surface area contributed by atoms with E-state index in [-0.39, 0.29) is 12.5 Å². The van der Waals surface area contributed by atoms with Gasteiger partial charge in [-0.1, -0.05) is 12.1 Å². The van der Waals surface area contributed by atoms with Gasteiger partial charge in [-0.05, 0) is 42.0 Å². The van der Waals surface area contributed by atoms with Crippen molar-refractivity contribution >= 4 is 21.7 Å². The molecule has 2 aromatic rings. The summed E-state index contributed by atoms with van der Waals surface area (Å²) in [6, 6.07) is 14.5. The van der Waals surface area contributed by atoms with Gasteiger partial charge >= 0.3 is 0 Å². The van der Waals surface area contributed by atoms with Crippen LogP contribution in [-0.2, 0) is 16.6 Å². The third-order valence-corrected chi connectivity index (χ3v) is 3.75. The lowest BCUT2D eigenvalue weighted by atomic mass is 10.2. The van der Waals surface area contributed by atoms with E-state index in [1.54, 1.807) is 38.5 Å². The molecule has 0 fully saturated rings. The Labute approximate surface area is 147 Å². The second kappa shape index (κ2) is 8.39. The fourth-order valence-corrected chi connectivity index (χ4v) is 2.49. The highest BCUT2D eigenvalue weighted by Crippen LogP contribution is 2.16. The Hall–Kier alpha value is -2.74. The van der Waals surface area contributed by atoms with Crippen molar-refractivity contribution in [2.24, 2.45) is 4.99 Å². The van der Waals surface area contributed by atoms with Crippen molar-refractivity contribution in [3.8, 4) is 11.5 Å². The van der Waals surface area contributed by atoms with Crippen molar-refractivity contribution in [1.82, 2.24) is 4.72 Å². The Balaban J connectivity index is 2.18. The fraction of sp³-hybridized carbons (Fsp3) is 0.235. The van der Waals surface area contributed by atoms with Gasteiger partial charge in [0.1, 0.15) is 11.5 Å². The van der Waals surface area contributed by atoms with Crippen LogP contribution in [0.2, 0.25) is 0 Å². The molecule has 7 nitrogen and oxygen atoms in total. The van der Waals surface area contributed by atoms with Crippen LogP contribution in [0.4, 0.5) is 5.69 Å².